The number of H-pyrrole nitrogens is 1. The third kappa shape index (κ3) is 4.26. The van der Waals surface area contributed by atoms with E-state index < -0.39 is 0 Å². The Morgan fingerprint density at radius 3 is 2.40 bits per heavy atom. The number of aromatic amines is 1. The van der Waals surface area contributed by atoms with Crippen LogP contribution < -0.4 is 24.3 Å². The Morgan fingerprint density at radius 2 is 1.70 bits per heavy atom. The van der Waals surface area contributed by atoms with E-state index in [0.29, 0.717) is 0 Å². The zero-order valence-electron chi connectivity index (χ0n) is 18.1. The molecule has 1 aliphatic heterocycles. The van der Waals surface area contributed by atoms with Gasteiger partial charge in [0.2, 0.25) is 0 Å². The molecule has 1 aliphatic rings. The Kier molecular flexibility index (Phi) is 6.19. The summed E-state index contributed by atoms with van der Waals surface area (Å²) in [5.41, 5.74) is 3.45. The predicted molar refractivity (Wildman–Crippen MR) is 122 cm³/mol. The summed E-state index contributed by atoms with van der Waals surface area (Å²) in [7, 11) is 3.42. The SMILES string of the molecule is COc1ccc(OC)c2c(C)cc(N3CC[NH+](CC=Cc4ccccc4)CC3)[nH+]c12. The number of nitrogens with one attached hydrogen (secondary N) is 2. The molecule has 2 aromatic carbocycles. The van der Waals surface area contributed by atoms with Gasteiger partial charge in [-0.15, -0.1) is 0 Å². The molecule has 0 atom stereocenters. The Labute approximate surface area is 178 Å². The second kappa shape index (κ2) is 9.18. The Morgan fingerprint density at radius 1 is 1.00 bits per heavy atom. The van der Waals surface area contributed by atoms with Crippen LogP contribution in [-0.4, -0.2) is 46.9 Å². The zero-order chi connectivity index (χ0) is 20.9. The van der Waals surface area contributed by atoms with Gasteiger partial charge in [-0.1, -0.05) is 36.4 Å². The maximum atomic E-state index is 5.61. The van der Waals surface area contributed by atoms with Gasteiger partial charge in [0.05, 0.1) is 26.2 Å². The van der Waals surface area contributed by atoms with Crippen LogP contribution in [0.1, 0.15) is 11.1 Å². The van der Waals surface area contributed by atoms with Crippen LogP contribution in [0.25, 0.3) is 17.0 Å². The number of aromatic nitrogens is 1. The third-order valence-electron chi connectivity index (χ3n) is 5.90. The van der Waals surface area contributed by atoms with Crippen molar-refractivity contribution in [3.05, 3.63) is 65.7 Å². The first-order valence-corrected chi connectivity index (χ1v) is 10.6. The van der Waals surface area contributed by atoms with Crippen molar-refractivity contribution in [2.24, 2.45) is 0 Å². The lowest BCUT2D eigenvalue weighted by Gasteiger charge is -2.28. The number of piperazine rings is 1. The lowest BCUT2D eigenvalue weighted by molar-refractivity contribution is -0.894. The first-order valence-electron chi connectivity index (χ1n) is 10.6. The highest BCUT2D eigenvalue weighted by Gasteiger charge is 2.27. The minimum atomic E-state index is 0.839. The van der Waals surface area contributed by atoms with Crippen molar-refractivity contribution in [3.63, 3.8) is 0 Å². The summed E-state index contributed by atoms with van der Waals surface area (Å²) < 4.78 is 11.2. The molecule has 4 rings (SSSR count). The van der Waals surface area contributed by atoms with Gasteiger partial charge >= 0.3 is 0 Å². The van der Waals surface area contributed by atoms with Crippen molar-refractivity contribution in [1.82, 2.24) is 0 Å². The van der Waals surface area contributed by atoms with E-state index in [9.17, 15) is 0 Å². The highest BCUT2D eigenvalue weighted by molar-refractivity contribution is 5.91. The van der Waals surface area contributed by atoms with E-state index in [1.165, 1.54) is 11.1 Å². The molecule has 0 unspecified atom stereocenters. The van der Waals surface area contributed by atoms with Crippen molar-refractivity contribution >= 4 is 22.8 Å². The molecule has 156 valence electrons. The van der Waals surface area contributed by atoms with Crippen molar-refractivity contribution in [2.45, 2.75) is 6.92 Å². The molecular weight excluding hydrogens is 374 g/mol. The molecule has 0 saturated carbocycles. The van der Waals surface area contributed by atoms with Crippen LogP contribution >= 0.6 is 0 Å². The number of methoxy groups -OCH3 is 2. The number of hydrogen-bond donors (Lipinski definition) is 1. The van der Waals surface area contributed by atoms with E-state index in [0.717, 1.165) is 60.9 Å². The first-order chi connectivity index (χ1) is 14.7. The molecule has 0 spiro atoms. The molecular formula is C25H31N3O2+2. The van der Waals surface area contributed by atoms with Gasteiger partial charge in [-0.25, -0.2) is 4.98 Å². The maximum absolute atomic E-state index is 5.61. The Balaban J connectivity index is 1.46. The molecule has 0 amide bonds. The van der Waals surface area contributed by atoms with Crippen molar-refractivity contribution in [1.29, 1.82) is 0 Å². The summed E-state index contributed by atoms with van der Waals surface area (Å²) in [6.45, 7) is 7.51. The fourth-order valence-corrected chi connectivity index (χ4v) is 4.23. The molecule has 30 heavy (non-hydrogen) atoms. The van der Waals surface area contributed by atoms with Gasteiger partial charge in [0.15, 0.2) is 11.3 Å². The topological polar surface area (TPSA) is 40.3 Å². The van der Waals surface area contributed by atoms with Gasteiger partial charge < -0.3 is 14.4 Å². The predicted octanol–water partition coefficient (Wildman–Crippen LogP) is 2.40. The summed E-state index contributed by atoms with van der Waals surface area (Å²) in [4.78, 5) is 7.67. The molecule has 1 saturated heterocycles. The van der Waals surface area contributed by atoms with Gasteiger partial charge in [0.1, 0.15) is 31.9 Å². The van der Waals surface area contributed by atoms with Gasteiger partial charge in [-0.3, -0.25) is 4.90 Å². The summed E-state index contributed by atoms with van der Waals surface area (Å²) in [5, 5.41) is 1.08. The molecule has 0 aliphatic carbocycles. The molecule has 3 aromatic rings. The number of anilines is 1. The normalized spacial score (nSPS) is 15.1. The van der Waals surface area contributed by atoms with Gasteiger partial charge in [0, 0.05) is 6.07 Å². The number of nitrogens with zero attached hydrogens (tertiary/aromatic N) is 1. The number of benzene rings is 2. The number of fused-ring (bicyclic) bond motifs is 1. The van der Waals surface area contributed by atoms with Crippen LogP contribution in [0.15, 0.2) is 54.6 Å². The molecule has 0 radical (unpaired) electrons. The van der Waals surface area contributed by atoms with E-state index in [1.807, 2.05) is 12.1 Å². The average Bonchev–Trinajstić information content (AvgIpc) is 2.79. The highest BCUT2D eigenvalue weighted by atomic mass is 16.5. The standard InChI is InChI=1S/C25H29N3O2/c1-19-18-23(26-25-22(30-3)12-11-21(29-2)24(19)25)28-16-14-27(15-17-28)13-7-10-20-8-5-4-6-9-20/h4-12,18H,13-17H2,1-3H3/p+2. The summed E-state index contributed by atoms with van der Waals surface area (Å²) in [6.07, 6.45) is 4.52. The van der Waals surface area contributed by atoms with E-state index in [-0.39, 0.29) is 0 Å². The van der Waals surface area contributed by atoms with Crippen LogP contribution in [0.2, 0.25) is 0 Å². The summed E-state index contributed by atoms with van der Waals surface area (Å²) in [6, 6.07) is 16.7. The number of rotatable bonds is 6. The fourth-order valence-electron chi connectivity index (χ4n) is 4.23. The zero-order valence-corrected chi connectivity index (χ0v) is 18.1. The number of hydrogen-bond acceptors (Lipinski definition) is 3. The minimum Gasteiger partial charge on any atom is -0.496 e. The van der Waals surface area contributed by atoms with Crippen LogP contribution in [0.4, 0.5) is 5.82 Å². The largest absolute Gasteiger partial charge is 0.496 e. The van der Waals surface area contributed by atoms with Crippen molar-refractivity contribution in [3.8, 4) is 11.5 Å². The molecule has 1 fully saturated rings. The fraction of sp³-hybridized carbons (Fsp3) is 0.320. The number of aryl methyl sites for hydroxylation is 1. The lowest BCUT2D eigenvalue weighted by Crippen LogP contribution is -3.14. The van der Waals surface area contributed by atoms with Crippen LogP contribution in [0, 0.1) is 6.92 Å². The smallest absolute Gasteiger partial charge is 0.275 e. The average molecular weight is 406 g/mol. The molecule has 2 heterocycles. The third-order valence-corrected chi connectivity index (χ3v) is 5.90. The van der Waals surface area contributed by atoms with Crippen LogP contribution in [0.5, 0.6) is 11.5 Å². The maximum Gasteiger partial charge on any atom is 0.275 e. The van der Waals surface area contributed by atoms with Crippen LogP contribution in [-0.2, 0) is 0 Å². The lowest BCUT2D eigenvalue weighted by atomic mass is 10.1. The Bertz CT molecular complexity index is 1030. The number of pyridine rings is 1. The molecule has 5 nitrogen and oxygen atoms in total. The van der Waals surface area contributed by atoms with Gasteiger partial charge in [0.25, 0.3) is 5.82 Å². The van der Waals surface area contributed by atoms with Crippen LogP contribution in [0.3, 0.4) is 0 Å². The molecule has 0 bridgehead atoms. The molecule has 1 aromatic heterocycles. The number of ether oxygens (including phenoxy) is 2. The van der Waals surface area contributed by atoms with E-state index in [1.54, 1.807) is 19.1 Å². The van der Waals surface area contributed by atoms with Crippen molar-refractivity contribution in [2.75, 3.05) is 51.8 Å². The summed E-state index contributed by atoms with van der Waals surface area (Å²) >= 11 is 0. The second-order valence-corrected chi connectivity index (χ2v) is 7.81. The monoisotopic (exact) mass is 405 g/mol. The second-order valence-electron chi connectivity index (χ2n) is 7.81. The summed E-state index contributed by atoms with van der Waals surface area (Å²) in [5.74, 6) is 2.85. The van der Waals surface area contributed by atoms with E-state index in [4.69, 9.17) is 9.47 Å². The van der Waals surface area contributed by atoms with Crippen molar-refractivity contribution < 1.29 is 19.4 Å². The van der Waals surface area contributed by atoms with E-state index >= 15 is 0 Å². The quantitative estimate of drug-likeness (QED) is 0.685. The number of quaternary nitrogens is 1. The van der Waals surface area contributed by atoms with Gasteiger partial charge in [-0.05, 0) is 36.3 Å². The molecule has 5 heteroatoms. The minimum absolute atomic E-state index is 0.839. The van der Waals surface area contributed by atoms with E-state index in [2.05, 4.69) is 65.4 Å². The first kappa shape index (κ1) is 20.2. The highest BCUT2D eigenvalue weighted by Crippen LogP contribution is 2.33. The Hall–Kier alpha value is -3.05. The van der Waals surface area contributed by atoms with Gasteiger partial charge in [-0.2, -0.15) is 0 Å². The molecule has 2 N–H and O–H groups in total.